The van der Waals surface area contributed by atoms with Gasteiger partial charge in [-0.2, -0.15) is 0 Å². The van der Waals surface area contributed by atoms with Crippen LogP contribution in [0.15, 0.2) is 18.2 Å². The van der Waals surface area contributed by atoms with Crippen LogP contribution in [0.3, 0.4) is 0 Å². The molecule has 0 amide bonds. The zero-order chi connectivity index (χ0) is 19.8. The van der Waals surface area contributed by atoms with Gasteiger partial charge in [0.1, 0.15) is 0 Å². The van der Waals surface area contributed by atoms with E-state index in [1.165, 1.54) is 16.7 Å². The predicted molar refractivity (Wildman–Crippen MR) is 109 cm³/mol. The maximum absolute atomic E-state index is 13.1. The molecule has 27 heavy (non-hydrogen) atoms. The summed E-state index contributed by atoms with van der Waals surface area (Å²) in [6, 6.07) is 7.01. The van der Waals surface area contributed by atoms with Gasteiger partial charge in [0.15, 0.2) is 0 Å². The smallest absolute Gasteiger partial charge is 0.312 e. The first kappa shape index (κ1) is 20.4. The van der Waals surface area contributed by atoms with Crippen LogP contribution < -0.4 is 0 Å². The summed E-state index contributed by atoms with van der Waals surface area (Å²) in [6.45, 7) is 11.2. The fourth-order valence-corrected chi connectivity index (χ4v) is 5.55. The molecule has 0 saturated heterocycles. The number of rotatable bonds is 5. The van der Waals surface area contributed by atoms with Crippen LogP contribution in [-0.4, -0.2) is 24.3 Å². The van der Waals surface area contributed by atoms with Crippen LogP contribution in [0.25, 0.3) is 0 Å². The van der Waals surface area contributed by atoms with Crippen molar-refractivity contribution in [2.45, 2.75) is 78.1 Å². The lowest BCUT2D eigenvalue weighted by atomic mass is 9.49. The Morgan fingerprint density at radius 2 is 2.00 bits per heavy atom. The molecule has 150 valence electrons. The highest BCUT2D eigenvalue weighted by Gasteiger charge is 2.55. The van der Waals surface area contributed by atoms with Crippen LogP contribution in [0.1, 0.15) is 82.9 Å². The molecule has 1 fully saturated rings. The van der Waals surface area contributed by atoms with Crippen LogP contribution in [0, 0.1) is 17.3 Å². The Balaban J connectivity index is 1.90. The standard InChI is InChI=1S/C24H36O3/c1-16(2)18-7-9-20-19(13-18)8-10-21-23(20,4)11-6-12-24(21,5)22(26)27-15-17(3)14-25/h7,9,13,16-17,21,25H,6,8,10-12,14-15H2,1-5H3/t17?,21?,23-,24?/m1/s1. The Labute approximate surface area is 164 Å². The molecule has 3 rings (SSSR count). The first-order chi connectivity index (χ1) is 12.7. The van der Waals surface area contributed by atoms with E-state index in [0.29, 0.717) is 18.4 Å². The average Bonchev–Trinajstić information content (AvgIpc) is 2.65. The van der Waals surface area contributed by atoms with E-state index in [-0.39, 0.29) is 23.9 Å². The lowest BCUT2D eigenvalue weighted by molar-refractivity contribution is -0.166. The van der Waals surface area contributed by atoms with Crippen LogP contribution >= 0.6 is 0 Å². The van der Waals surface area contributed by atoms with Gasteiger partial charge in [-0.15, -0.1) is 0 Å². The third kappa shape index (κ3) is 3.55. The van der Waals surface area contributed by atoms with E-state index >= 15 is 0 Å². The number of aryl methyl sites for hydroxylation is 1. The maximum Gasteiger partial charge on any atom is 0.312 e. The summed E-state index contributed by atoms with van der Waals surface area (Å²) in [5, 5.41) is 9.23. The van der Waals surface area contributed by atoms with Gasteiger partial charge < -0.3 is 9.84 Å². The van der Waals surface area contributed by atoms with Gasteiger partial charge in [0, 0.05) is 12.5 Å². The number of benzene rings is 1. The summed E-state index contributed by atoms with van der Waals surface area (Å²) < 4.78 is 5.67. The molecule has 0 aliphatic heterocycles. The Morgan fingerprint density at radius 1 is 1.26 bits per heavy atom. The highest BCUT2D eigenvalue weighted by atomic mass is 16.5. The van der Waals surface area contributed by atoms with Crippen molar-refractivity contribution in [1.82, 2.24) is 0 Å². The Morgan fingerprint density at radius 3 is 2.67 bits per heavy atom. The molecule has 0 heterocycles. The number of ether oxygens (including phenoxy) is 1. The molecule has 4 atom stereocenters. The van der Waals surface area contributed by atoms with Crippen molar-refractivity contribution in [2.24, 2.45) is 17.3 Å². The number of hydrogen-bond donors (Lipinski definition) is 1. The van der Waals surface area contributed by atoms with Gasteiger partial charge in [-0.1, -0.05) is 52.3 Å². The number of aliphatic hydroxyl groups excluding tert-OH is 1. The fourth-order valence-electron chi connectivity index (χ4n) is 5.55. The molecule has 3 unspecified atom stereocenters. The number of hydrogen-bond acceptors (Lipinski definition) is 3. The first-order valence-corrected chi connectivity index (χ1v) is 10.6. The average molecular weight is 373 g/mol. The van der Waals surface area contributed by atoms with E-state index in [9.17, 15) is 9.90 Å². The second-order valence-corrected chi connectivity index (χ2v) is 9.74. The van der Waals surface area contributed by atoms with E-state index in [1.54, 1.807) is 0 Å². The van der Waals surface area contributed by atoms with Crippen LogP contribution in [-0.2, 0) is 21.4 Å². The molecule has 2 aliphatic carbocycles. The van der Waals surface area contributed by atoms with Gasteiger partial charge in [0.25, 0.3) is 0 Å². The molecule has 0 bridgehead atoms. The minimum Gasteiger partial charge on any atom is -0.465 e. The van der Waals surface area contributed by atoms with E-state index < -0.39 is 5.41 Å². The molecule has 1 N–H and O–H groups in total. The molecule has 1 saturated carbocycles. The largest absolute Gasteiger partial charge is 0.465 e. The topological polar surface area (TPSA) is 46.5 Å². The molecule has 2 aliphatic rings. The van der Waals surface area contributed by atoms with Gasteiger partial charge in [-0.25, -0.2) is 0 Å². The van der Waals surface area contributed by atoms with Gasteiger partial charge in [0.05, 0.1) is 12.0 Å². The molecule has 3 heteroatoms. The third-order valence-electron chi connectivity index (χ3n) is 7.32. The lowest BCUT2D eigenvalue weighted by Gasteiger charge is -2.54. The van der Waals surface area contributed by atoms with Crippen molar-refractivity contribution >= 4 is 5.97 Å². The molecule has 0 radical (unpaired) electrons. The Bertz CT molecular complexity index is 695. The summed E-state index contributed by atoms with van der Waals surface area (Å²) in [4.78, 5) is 13.1. The molecule has 1 aromatic carbocycles. The molecule has 0 spiro atoms. The van der Waals surface area contributed by atoms with Crippen LogP contribution in [0.2, 0.25) is 0 Å². The molecule has 0 aromatic heterocycles. The first-order valence-electron chi connectivity index (χ1n) is 10.6. The second kappa shape index (κ2) is 7.58. The summed E-state index contributed by atoms with van der Waals surface area (Å²) >= 11 is 0. The van der Waals surface area contributed by atoms with Crippen LogP contribution in [0.5, 0.6) is 0 Å². The van der Waals surface area contributed by atoms with Gasteiger partial charge >= 0.3 is 5.97 Å². The van der Waals surface area contributed by atoms with Gasteiger partial charge in [-0.3, -0.25) is 4.79 Å². The Kier molecular flexibility index (Phi) is 5.72. The van der Waals surface area contributed by atoms with Crippen molar-refractivity contribution in [3.8, 4) is 0 Å². The number of aliphatic hydroxyl groups is 1. The monoisotopic (exact) mass is 372 g/mol. The summed E-state index contributed by atoms with van der Waals surface area (Å²) in [5.41, 5.74) is 3.94. The lowest BCUT2D eigenvalue weighted by Crippen LogP contribution is -2.53. The molecule has 3 nitrogen and oxygen atoms in total. The minimum atomic E-state index is -0.434. The Hall–Kier alpha value is -1.35. The number of esters is 1. The zero-order valence-electron chi connectivity index (χ0n) is 17.7. The van der Waals surface area contributed by atoms with E-state index in [0.717, 1.165) is 32.1 Å². The highest BCUT2D eigenvalue weighted by molar-refractivity contribution is 5.77. The molecule has 1 aromatic rings. The van der Waals surface area contributed by atoms with Crippen LogP contribution in [0.4, 0.5) is 0 Å². The predicted octanol–water partition coefficient (Wildman–Crippen LogP) is 4.99. The number of fused-ring (bicyclic) bond motifs is 3. The fraction of sp³-hybridized carbons (Fsp3) is 0.708. The third-order valence-corrected chi connectivity index (χ3v) is 7.32. The van der Waals surface area contributed by atoms with Crippen molar-refractivity contribution in [1.29, 1.82) is 0 Å². The van der Waals surface area contributed by atoms with Crippen molar-refractivity contribution in [3.05, 3.63) is 34.9 Å². The molecular weight excluding hydrogens is 336 g/mol. The van der Waals surface area contributed by atoms with E-state index in [1.807, 2.05) is 6.92 Å². The highest BCUT2D eigenvalue weighted by Crippen LogP contribution is 2.57. The zero-order valence-corrected chi connectivity index (χ0v) is 17.7. The van der Waals surface area contributed by atoms with Crippen molar-refractivity contribution in [3.63, 3.8) is 0 Å². The quantitative estimate of drug-likeness (QED) is 0.741. The van der Waals surface area contributed by atoms with E-state index in [4.69, 9.17) is 4.74 Å². The number of carbonyl (C=O) groups excluding carboxylic acids is 1. The summed E-state index contributed by atoms with van der Waals surface area (Å²) in [7, 11) is 0. The van der Waals surface area contributed by atoms with E-state index in [2.05, 4.69) is 45.9 Å². The maximum atomic E-state index is 13.1. The van der Waals surface area contributed by atoms with Gasteiger partial charge in [-0.05, 0) is 66.5 Å². The normalized spacial score (nSPS) is 31.1. The van der Waals surface area contributed by atoms with Gasteiger partial charge in [0.2, 0.25) is 0 Å². The molecular formula is C24H36O3. The SMILES string of the molecule is CC(CO)COC(=O)C1(C)CCC[C@]2(C)c3ccc(C(C)C)cc3CCC12. The minimum absolute atomic E-state index is 0.00550. The summed E-state index contributed by atoms with van der Waals surface area (Å²) in [6.07, 6.45) is 5.19. The second-order valence-electron chi connectivity index (χ2n) is 9.74. The summed E-state index contributed by atoms with van der Waals surface area (Å²) in [5.74, 6) is 0.782. The van der Waals surface area contributed by atoms with Crippen molar-refractivity contribution in [2.75, 3.05) is 13.2 Å². The van der Waals surface area contributed by atoms with Crippen molar-refractivity contribution < 1.29 is 14.6 Å². The number of carbonyl (C=O) groups is 1.